The van der Waals surface area contributed by atoms with Crippen LogP contribution in [0.4, 0.5) is 8.78 Å². The van der Waals surface area contributed by atoms with Gasteiger partial charge in [0.2, 0.25) is 0 Å². The van der Waals surface area contributed by atoms with Crippen LogP contribution in [0.25, 0.3) is 0 Å². The number of nitrogens with one attached hydrogen (secondary N) is 1. The fourth-order valence-corrected chi connectivity index (χ4v) is 4.16. The number of aromatic nitrogens is 1. The Labute approximate surface area is 172 Å². The molecule has 30 heavy (non-hydrogen) atoms. The van der Waals surface area contributed by atoms with Gasteiger partial charge in [0.15, 0.2) is 11.5 Å². The average molecular weight is 449 g/mol. The summed E-state index contributed by atoms with van der Waals surface area (Å²) < 4.78 is 52.4. The van der Waals surface area contributed by atoms with E-state index in [4.69, 9.17) is 15.7 Å². The summed E-state index contributed by atoms with van der Waals surface area (Å²) in [5, 5.41) is 18.2. The number of halogens is 2. The molecule has 1 fully saturated rings. The third kappa shape index (κ3) is 4.83. The molecule has 0 spiro atoms. The van der Waals surface area contributed by atoms with E-state index in [1.807, 2.05) is 0 Å². The number of ether oxygens (including phenoxy) is 1. The Morgan fingerprint density at radius 2 is 2.03 bits per heavy atom. The molecule has 11 heteroatoms. The molecule has 0 aromatic carbocycles. The van der Waals surface area contributed by atoms with E-state index >= 15 is 0 Å². The lowest BCUT2D eigenvalue weighted by Crippen LogP contribution is -2.39. The SMILES string of the molecule is C#Cc1[nH]c(=O)cc(F)c1C1OC(CC(C)(CC)OP(=O)(O)C(C)(C)O)C(O)C1F. The lowest BCUT2D eigenvalue weighted by molar-refractivity contribution is -0.0526. The van der Waals surface area contributed by atoms with Crippen molar-refractivity contribution in [1.82, 2.24) is 4.98 Å². The molecular formula is C19H26F2NO7P. The van der Waals surface area contributed by atoms with Gasteiger partial charge in [-0.1, -0.05) is 12.8 Å². The van der Waals surface area contributed by atoms with Crippen molar-refractivity contribution in [1.29, 1.82) is 0 Å². The highest BCUT2D eigenvalue weighted by atomic mass is 31.2. The number of hydrogen-bond donors (Lipinski definition) is 4. The van der Waals surface area contributed by atoms with E-state index in [9.17, 15) is 33.2 Å². The molecule has 6 unspecified atom stereocenters. The minimum Gasteiger partial charge on any atom is -0.387 e. The van der Waals surface area contributed by atoms with Crippen molar-refractivity contribution in [2.45, 2.75) is 76.0 Å². The van der Waals surface area contributed by atoms with Crippen molar-refractivity contribution in [2.75, 3.05) is 0 Å². The topological polar surface area (TPSA) is 129 Å². The molecule has 0 saturated carbocycles. The molecule has 1 saturated heterocycles. The minimum atomic E-state index is -4.51. The Bertz CT molecular complexity index is 938. The van der Waals surface area contributed by atoms with Gasteiger partial charge in [0.1, 0.15) is 23.7 Å². The van der Waals surface area contributed by atoms with Crippen LogP contribution in [-0.2, 0) is 13.8 Å². The van der Waals surface area contributed by atoms with Crippen molar-refractivity contribution in [3.63, 3.8) is 0 Å². The van der Waals surface area contributed by atoms with E-state index in [0.717, 1.165) is 13.8 Å². The van der Waals surface area contributed by atoms with Crippen molar-refractivity contribution < 1.29 is 37.7 Å². The van der Waals surface area contributed by atoms with Gasteiger partial charge in [0.05, 0.1) is 17.3 Å². The predicted octanol–water partition coefficient (Wildman–Crippen LogP) is 2.12. The lowest BCUT2D eigenvalue weighted by Gasteiger charge is -2.36. The summed E-state index contributed by atoms with van der Waals surface area (Å²) in [6.45, 7) is 5.30. The Hall–Kier alpha value is -1.60. The Morgan fingerprint density at radius 1 is 1.43 bits per heavy atom. The maximum Gasteiger partial charge on any atom is 0.359 e. The van der Waals surface area contributed by atoms with Crippen LogP contribution in [-0.4, -0.2) is 49.4 Å². The fourth-order valence-electron chi connectivity index (χ4n) is 3.14. The molecule has 2 heterocycles. The highest BCUT2D eigenvalue weighted by Gasteiger charge is 2.51. The van der Waals surface area contributed by atoms with Crippen LogP contribution in [0.3, 0.4) is 0 Å². The summed E-state index contributed by atoms with van der Waals surface area (Å²) in [5.41, 5.74) is -2.92. The summed E-state index contributed by atoms with van der Waals surface area (Å²) in [4.78, 5) is 23.7. The van der Waals surface area contributed by atoms with Crippen molar-refractivity contribution in [3.05, 3.63) is 33.5 Å². The molecule has 4 N–H and O–H groups in total. The van der Waals surface area contributed by atoms with Crippen LogP contribution >= 0.6 is 7.60 Å². The van der Waals surface area contributed by atoms with Crippen LogP contribution in [0.15, 0.2) is 10.9 Å². The van der Waals surface area contributed by atoms with Gasteiger partial charge in [-0.2, -0.15) is 0 Å². The van der Waals surface area contributed by atoms with Gasteiger partial charge >= 0.3 is 7.60 Å². The van der Waals surface area contributed by atoms with E-state index in [1.54, 1.807) is 6.92 Å². The van der Waals surface area contributed by atoms with Crippen molar-refractivity contribution in [2.24, 2.45) is 0 Å². The smallest absolute Gasteiger partial charge is 0.359 e. The van der Waals surface area contributed by atoms with E-state index in [2.05, 4.69) is 10.9 Å². The maximum atomic E-state index is 14.8. The van der Waals surface area contributed by atoms with Gasteiger partial charge in [0, 0.05) is 12.5 Å². The third-order valence-electron chi connectivity index (χ3n) is 5.20. The normalized spacial score (nSPS) is 28.5. The number of terminal acetylenes is 1. The molecule has 1 aliphatic rings. The zero-order valence-corrected chi connectivity index (χ0v) is 18.0. The molecule has 1 aliphatic heterocycles. The standard InChI is InChI=1S/C19H26F2NO7P/c1-6-11-14(10(20)8-13(23)22-11)17-15(21)16(24)12(28-17)9-19(5,7-2)29-30(26,27)18(3,4)25/h1,8,12,15-17,24-25H,7,9H2,2-5H3,(H,22,23)(H,26,27). The highest BCUT2D eigenvalue weighted by molar-refractivity contribution is 7.54. The fraction of sp³-hybridized carbons (Fsp3) is 0.632. The molecule has 6 atom stereocenters. The third-order valence-corrected chi connectivity index (χ3v) is 7.27. The number of alkyl halides is 1. The first-order valence-electron chi connectivity index (χ1n) is 9.28. The number of aromatic amines is 1. The first-order valence-corrected chi connectivity index (χ1v) is 10.9. The molecule has 168 valence electrons. The zero-order chi connectivity index (χ0) is 23.1. The first kappa shape index (κ1) is 24.7. The number of aliphatic hydroxyl groups is 2. The summed E-state index contributed by atoms with van der Waals surface area (Å²) in [7, 11) is -4.51. The predicted molar refractivity (Wildman–Crippen MR) is 104 cm³/mol. The molecule has 1 aromatic rings. The summed E-state index contributed by atoms with van der Waals surface area (Å²) in [6.07, 6.45) is -1.46. The van der Waals surface area contributed by atoms with Crippen LogP contribution < -0.4 is 5.56 Å². The highest BCUT2D eigenvalue weighted by Crippen LogP contribution is 2.57. The van der Waals surface area contributed by atoms with Crippen molar-refractivity contribution >= 4 is 7.60 Å². The number of rotatable bonds is 7. The largest absolute Gasteiger partial charge is 0.387 e. The number of H-pyrrole nitrogens is 1. The van der Waals surface area contributed by atoms with Crippen LogP contribution in [0.2, 0.25) is 0 Å². The molecule has 0 aliphatic carbocycles. The Morgan fingerprint density at radius 3 is 2.53 bits per heavy atom. The van der Waals surface area contributed by atoms with E-state index in [1.165, 1.54) is 6.92 Å². The average Bonchev–Trinajstić information content (AvgIpc) is 2.87. The molecule has 0 amide bonds. The second kappa shape index (κ2) is 8.50. The van der Waals surface area contributed by atoms with Crippen LogP contribution in [0, 0.1) is 18.2 Å². The molecular weight excluding hydrogens is 423 g/mol. The summed E-state index contributed by atoms with van der Waals surface area (Å²) >= 11 is 0. The monoisotopic (exact) mass is 449 g/mol. The minimum absolute atomic E-state index is 0.157. The first-order chi connectivity index (χ1) is 13.7. The van der Waals surface area contributed by atoms with Crippen LogP contribution in [0.1, 0.15) is 57.9 Å². The second-order valence-electron chi connectivity index (χ2n) is 8.06. The van der Waals surface area contributed by atoms with E-state index in [-0.39, 0.29) is 18.5 Å². The number of pyridine rings is 1. The summed E-state index contributed by atoms with van der Waals surface area (Å²) in [6, 6.07) is 0.594. The van der Waals surface area contributed by atoms with Crippen molar-refractivity contribution in [3.8, 4) is 12.3 Å². The summed E-state index contributed by atoms with van der Waals surface area (Å²) in [5.74, 6) is 0.985. The molecule has 8 nitrogen and oxygen atoms in total. The van der Waals surface area contributed by atoms with Gasteiger partial charge in [-0.3, -0.25) is 9.36 Å². The second-order valence-corrected chi connectivity index (χ2v) is 10.4. The van der Waals surface area contributed by atoms with Gasteiger partial charge in [-0.25, -0.2) is 8.78 Å². The molecule has 1 aromatic heterocycles. The molecule has 0 radical (unpaired) electrons. The zero-order valence-electron chi connectivity index (χ0n) is 17.1. The lowest BCUT2D eigenvalue weighted by atomic mass is 9.92. The quantitative estimate of drug-likeness (QED) is 0.371. The van der Waals surface area contributed by atoms with Crippen LogP contribution in [0.5, 0.6) is 0 Å². The number of aliphatic hydroxyl groups excluding tert-OH is 1. The Kier molecular flexibility index (Phi) is 6.99. The van der Waals surface area contributed by atoms with Gasteiger partial charge in [-0.05, 0) is 27.2 Å². The molecule has 0 bridgehead atoms. The van der Waals surface area contributed by atoms with E-state index < -0.39 is 60.0 Å². The molecule has 2 rings (SSSR count). The maximum absolute atomic E-state index is 14.8. The Balaban J connectivity index is 2.33. The van der Waals surface area contributed by atoms with E-state index in [0.29, 0.717) is 6.07 Å². The van der Waals surface area contributed by atoms with Gasteiger partial charge < -0.3 is 29.4 Å². The van der Waals surface area contributed by atoms with Gasteiger partial charge in [0.25, 0.3) is 5.56 Å². The van der Waals surface area contributed by atoms with Gasteiger partial charge in [-0.15, -0.1) is 6.42 Å². The number of hydrogen-bond acceptors (Lipinski definition) is 6.